The molecule has 0 radical (unpaired) electrons. The highest BCUT2D eigenvalue weighted by Crippen LogP contribution is 2.39. The Morgan fingerprint density at radius 3 is 2.40 bits per heavy atom. The molecule has 0 aromatic carbocycles. The normalized spacial score (nSPS) is 27.0. The standard InChI is InChI=1S/C17H34N2O/c1-5-17(6-2)13-18-16(10-7-8-11-16)14-19(17)15(3)9-12-20-4/h15,18H,5-14H2,1-4H3. The van der Waals surface area contributed by atoms with Gasteiger partial charge >= 0.3 is 0 Å². The zero-order valence-electron chi connectivity index (χ0n) is 14.0. The van der Waals surface area contributed by atoms with Crippen LogP contribution >= 0.6 is 0 Å². The summed E-state index contributed by atoms with van der Waals surface area (Å²) in [6, 6.07) is 0.620. The molecule has 1 saturated heterocycles. The van der Waals surface area contributed by atoms with Gasteiger partial charge in [-0.05, 0) is 39.0 Å². The highest BCUT2D eigenvalue weighted by Gasteiger charge is 2.47. The second-order valence-electron chi connectivity index (χ2n) is 7.03. The first kappa shape index (κ1) is 16.3. The average Bonchev–Trinajstić information content (AvgIpc) is 2.93. The molecule has 2 aliphatic rings. The molecule has 1 N–H and O–H groups in total. The molecule has 3 heteroatoms. The van der Waals surface area contributed by atoms with Crippen molar-refractivity contribution in [2.75, 3.05) is 26.8 Å². The molecule has 3 nitrogen and oxygen atoms in total. The number of hydrogen-bond donors (Lipinski definition) is 1. The second kappa shape index (κ2) is 6.76. The molecule has 20 heavy (non-hydrogen) atoms. The summed E-state index contributed by atoms with van der Waals surface area (Å²) in [5.74, 6) is 0. The Kier molecular flexibility index (Phi) is 5.49. The Balaban J connectivity index is 2.13. The van der Waals surface area contributed by atoms with Crippen LogP contribution in [-0.4, -0.2) is 48.8 Å². The molecule has 2 rings (SSSR count). The molecular weight excluding hydrogens is 248 g/mol. The van der Waals surface area contributed by atoms with Crippen LogP contribution in [0.25, 0.3) is 0 Å². The summed E-state index contributed by atoms with van der Waals surface area (Å²) in [6.07, 6.45) is 9.16. The van der Waals surface area contributed by atoms with E-state index in [1.165, 1.54) is 45.1 Å². The predicted molar refractivity (Wildman–Crippen MR) is 85.2 cm³/mol. The fourth-order valence-corrected chi connectivity index (χ4v) is 4.36. The minimum atomic E-state index is 0.348. The lowest BCUT2D eigenvalue weighted by Gasteiger charge is -2.56. The van der Waals surface area contributed by atoms with Gasteiger partial charge in [-0.25, -0.2) is 0 Å². The maximum absolute atomic E-state index is 5.31. The zero-order chi connectivity index (χ0) is 14.6. The molecule has 118 valence electrons. The van der Waals surface area contributed by atoms with E-state index in [4.69, 9.17) is 4.74 Å². The van der Waals surface area contributed by atoms with Gasteiger partial charge in [0, 0.05) is 43.9 Å². The van der Waals surface area contributed by atoms with Crippen molar-refractivity contribution in [1.82, 2.24) is 10.2 Å². The Hall–Kier alpha value is -0.120. The number of nitrogens with zero attached hydrogens (tertiary/aromatic N) is 1. The SMILES string of the molecule is CCC1(CC)CNC2(CCCC2)CN1C(C)CCOC. The largest absolute Gasteiger partial charge is 0.385 e. The van der Waals surface area contributed by atoms with E-state index >= 15 is 0 Å². The lowest BCUT2D eigenvalue weighted by molar-refractivity contribution is -0.0337. The summed E-state index contributed by atoms with van der Waals surface area (Å²) < 4.78 is 5.31. The second-order valence-corrected chi connectivity index (χ2v) is 7.03. The van der Waals surface area contributed by atoms with Crippen LogP contribution in [0.3, 0.4) is 0 Å². The molecule has 1 atom stereocenters. The van der Waals surface area contributed by atoms with Crippen LogP contribution in [0.1, 0.15) is 65.7 Å². The molecule has 2 fully saturated rings. The highest BCUT2D eigenvalue weighted by atomic mass is 16.5. The van der Waals surface area contributed by atoms with Crippen molar-refractivity contribution in [2.24, 2.45) is 0 Å². The van der Waals surface area contributed by atoms with Crippen LogP contribution in [0.4, 0.5) is 0 Å². The van der Waals surface area contributed by atoms with Crippen molar-refractivity contribution in [2.45, 2.75) is 82.8 Å². The third-order valence-electron chi connectivity index (χ3n) is 6.02. The Bertz CT molecular complexity index is 295. The van der Waals surface area contributed by atoms with Crippen molar-refractivity contribution in [3.05, 3.63) is 0 Å². The number of nitrogens with one attached hydrogen (secondary N) is 1. The summed E-state index contributed by atoms with van der Waals surface area (Å²) >= 11 is 0. The fraction of sp³-hybridized carbons (Fsp3) is 1.00. The van der Waals surface area contributed by atoms with Crippen LogP contribution in [0, 0.1) is 0 Å². The summed E-state index contributed by atoms with van der Waals surface area (Å²) in [5.41, 5.74) is 0.760. The molecule has 0 aromatic rings. The highest BCUT2D eigenvalue weighted by molar-refractivity contribution is 5.07. The molecule has 1 spiro atoms. The number of piperazine rings is 1. The maximum Gasteiger partial charge on any atom is 0.0477 e. The van der Waals surface area contributed by atoms with Crippen molar-refractivity contribution >= 4 is 0 Å². The third kappa shape index (κ3) is 3.05. The molecule has 1 heterocycles. The van der Waals surface area contributed by atoms with Gasteiger partial charge in [0.1, 0.15) is 0 Å². The van der Waals surface area contributed by atoms with E-state index in [0.29, 0.717) is 17.1 Å². The van der Waals surface area contributed by atoms with Crippen LogP contribution in [-0.2, 0) is 4.74 Å². The topological polar surface area (TPSA) is 24.5 Å². The van der Waals surface area contributed by atoms with Crippen LogP contribution in [0.5, 0.6) is 0 Å². The van der Waals surface area contributed by atoms with Gasteiger partial charge in [-0.3, -0.25) is 4.90 Å². The molecule has 1 aliphatic carbocycles. The summed E-state index contributed by atoms with van der Waals surface area (Å²) in [6.45, 7) is 10.4. The van der Waals surface area contributed by atoms with Crippen LogP contribution in [0.2, 0.25) is 0 Å². The van der Waals surface area contributed by atoms with E-state index in [9.17, 15) is 0 Å². The van der Waals surface area contributed by atoms with Crippen molar-refractivity contribution in [3.8, 4) is 0 Å². The Morgan fingerprint density at radius 1 is 1.20 bits per heavy atom. The monoisotopic (exact) mass is 282 g/mol. The van der Waals surface area contributed by atoms with Crippen molar-refractivity contribution in [3.63, 3.8) is 0 Å². The maximum atomic E-state index is 5.31. The van der Waals surface area contributed by atoms with Crippen molar-refractivity contribution in [1.29, 1.82) is 0 Å². The summed E-state index contributed by atoms with van der Waals surface area (Å²) in [7, 11) is 1.82. The first-order valence-electron chi connectivity index (χ1n) is 8.62. The number of rotatable bonds is 6. The van der Waals surface area contributed by atoms with E-state index in [2.05, 4.69) is 31.0 Å². The zero-order valence-corrected chi connectivity index (χ0v) is 14.0. The lowest BCUT2D eigenvalue weighted by atomic mass is 9.81. The molecule has 0 bridgehead atoms. The van der Waals surface area contributed by atoms with Gasteiger partial charge in [0.25, 0.3) is 0 Å². The first-order valence-corrected chi connectivity index (χ1v) is 8.62. The molecule has 1 aliphatic heterocycles. The average molecular weight is 282 g/mol. The van der Waals surface area contributed by atoms with E-state index in [0.717, 1.165) is 19.6 Å². The van der Waals surface area contributed by atoms with E-state index in [-0.39, 0.29) is 0 Å². The van der Waals surface area contributed by atoms with E-state index in [1.54, 1.807) is 0 Å². The molecule has 1 saturated carbocycles. The fourth-order valence-electron chi connectivity index (χ4n) is 4.36. The quantitative estimate of drug-likeness (QED) is 0.810. The first-order chi connectivity index (χ1) is 9.61. The smallest absolute Gasteiger partial charge is 0.0477 e. The Morgan fingerprint density at radius 2 is 1.85 bits per heavy atom. The third-order valence-corrected chi connectivity index (χ3v) is 6.02. The molecule has 0 amide bonds. The van der Waals surface area contributed by atoms with Crippen molar-refractivity contribution < 1.29 is 4.74 Å². The number of hydrogen-bond acceptors (Lipinski definition) is 3. The van der Waals surface area contributed by atoms with Crippen LogP contribution in [0.15, 0.2) is 0 Å². The Labute approximate surface area is 125 Å². The van der Waals surface area contributed by atoms with Gasteiger partial charge in [0.05, 0.1) is 0 Å². The van der Waals surface area contributed by atoms with E-state index in [1.807, 2.05) is 7.11 Å². The molecule has 0 aromatic heterocycles. The van der Waals surface area contributed by atoms with Gasteiger partial charge in [0.2, 0.25) is 0 Å². The summed E-state index contributed by atoms with van der Waals surface area (Å²) in [4.78, 5) is 2.83. The van der Waals surface area contributed by atoms with Gasteiger partial charge in [-0.2, -0.15) is 0 Å². The minimum absolute atomic E-state index is 0.348. The lowest BCUT2D eigenvalue weighted by Crippen LogP contribution is -2.70. The number of methoxy groups -OCH3 is 1. The minimum Gasteiger partial charge on any atom is -0.385 e. The molecular formula is C17H34N2O. The summed E-state index contributed by atoms with van der Waals surface area (Å²) in [5, 5.41) is 3.96. The van der Waals surface area contributed by atoms with Crippen LogP contribution < -0.4 is 5.32 Å². The van der Waals surface area contributed by atoms with Gasteiger partial charge in [0.15, 0.2) is 0 Å². The van der Waals surface area contributed by atoms with E-state index < -0.39 is 0 Å². The predicted octanol–water partition coefficient (Wildman–Crippen LogP) is 3.19. The van der Waals surface area contributed by atoms with Gasteiger partial charge in [-0.1, -0.05) is 26.7 Å². The van der Waals surface area contributed by atoms with Gasteiger partial charge < -0.3 is 10.1 Å². The number of ether oxygens (including phenoxy) is 1. The van der Waals surface area contributed by atoms with Gasteiger partial charge in [-0.15, -0.1) is 0 Å². The molecule has 1 unspecified atom stereocenters.